The molecule has 0 spiro atoms. The first-order valence-corrected chi connectivity index (χ1v) is 10.9. The van der Waals surface area contributed by atoms with Crippen LogP contribution in [-0.4, -0.2) is 82.0 Å². The molecule has 0 radical (unpaired) electrons. The number of likely N-dealkylation sites (tertiary alicyclic amines) is 1. The van der Waals surface area contributed by atoms with Gasteiger partial charge >= 0.3 is 5.97 Å². The Labute approximate surface area is 175 Å². The van der Waals surface area contributed by atoms with Gasteiger partial charge < -0.3 is 19.1 Å². The molecule has 6 heteroatoms. The molecule has 29 heavy (non-hydrogen) atoms. The van der Waals surface area contributed by atoms with Crippen LogP contribution in [0, 0.1) is 5.92 Å². The van der Waals surface area contributed by atoms with Gasteiger partial charge in [0.25, 0.3) is 0 Å². The van der Waals surface area contributed by atoms with Crippen molar-refractivity contribution in [1.82, 2.24) is 9.80 Å². The number of methoxy groups -OCH3 is 2. The molecule has 1 atom stereocenters. The molecule has 1 aromatic rings. The number of esters is 1. The van der Waals surface area contributed by atoms with Crippen LogP contribution in [0.1, 0.15) is 41.6 Å². The molecule has 0 amide bonds. The lowest BCUT2D eigenvalue weighted by Crippen LogP contribution is -2.41. The van der Waals surface area contributed by atoms with Crippen molar-refractivity contribution in [3.63, 3.8) is 0 Å². The van der Waals surface area contributed by atoms with Crippen LogP contribution in [0.5, 0.6) is 0 Å². The number of piperidine rings is 1. The average molecular weight is 405 g/mol. The summed E-state index contributed by atoms with van der Waals surface area (Å²) in [6, 6.07) is 7.81. The summed E-state index contributed by atoms with van der Waals surface area (Å²) in [5, 5.41) is 0. The average Bonchev–Trinajstić information content (AvgIpc) is 3.26. The van der Waals surface area contributed by atoms with E-state index in [0.717, 1.165) is 64.8 Å². The van der Waals surface area contributed by atoms with Crippen molar-refractivity contribution in [2.24, 2.45) is 5.92 Å². The minimum Gasteiger partial charge on any atom is -0.465 e. The first-order chi connectivity index (χ1) is 14.2. The number of hydrogen-bond donors (Lipinski definition) is 0. The van der Waals surface area contributed by atoms with E-state index in [0.29, 0.717) is 11.7 Å². The van der Waals surface area contributed by atoms with E-state index < -0.39 is 0 Å². The molecule has 6 nitrogen and oxygen atoms in total. The van der Waals surface area contributed by atoms with Crippen LogP contribution in [0.2, 0.25) is 0 Å². The molecule has 2 heterocycles. The molecule has 2 fully saturated rings. The Kier molecular flexibility index (Phi) is 8.92. The predicted octanol–water partition coefficient (Wildman–Crippen LogP) is 2.81. The summed E-state index contributed by atoms with van der Waals surface area (Å²) in [5.74, 6) is 0.442. The van der Waals surface area contributed by atoms with Crippen LogP contribution in [0.15, 0.2) is 24.3 Å². The second-order valence-electron chi connectivity index (χ2n) is 8.30. The Morgan fingerprint density at radius 3 is 2.52 bits per heavy atom. The molecule has 0 bridgehead atoms. The minimum absolute atomic E-state index is 0.284. The Morgan fingerprint density at radius 2 is 1.90 bits per heavy atom. The summed E-state index contributed by atoms with van der Waals surface area (Å²) in [5.41, 5.74) is 1.83. The Morgan fingerprint density at radius 1 is 1.14 bits per heavy atom. The lowest BCUT2D eigenvalue weighted by atomic mass is 9.95. The fraction of sp³-hybridized carbons (Fsp3) is 0.696. The molecular formula is C23H36N2O4. The molecule has 1 unspecified atom stereocenters. The molecule has 162 valence electrons. The third kappa shape index (κ3) is 7.07. The van der Waals surface area contributed by atoms with E-state index in [9.17, 15) is 4.79 Å². The van der Waals surface area contributed by atoms with Gasteiger partial charge in [-0.25, -0.2) is 4.79 Å². The zero-order chi connectivity index (χ0) is 20.5. The standard InChI is InChI=1S/C23H36N2O4/c1-27-15-13-24-11-9-20(10-12-24)17-25(18-22-4-3-14-29-22)16-19-5-7-21(8-6-19)23(26)28-2/h5-8,20,22H,3-4,9-18H2,1-2H3. The van der Waals surface area contributed by atoms with Crippen LogP contribution >= 0.6 is 0 Å². The van der Waals surface area contributed by atoms with Crippen LogP contribution in [0.3, 0.4) is 0 Å². The maximum atomic E-state index is 11.7. The number of benzene rings is 1. The molecule has 3 rings (SSSR count). The van der Waals surface area contributed by atoms with Crippen molar-refractivity contribution in [2.75, 3.05) is 60.2 Å². The number of nitrogens with zero attached hydrogens (tertiary/aromatic N) is 2. The second kappa shape index (κ2) is 11.6. The zero-order valence-corrected chi connectivity index (χ0v) is 18.0. The van der Waals surface area contributed by atoms with Gasteiger partial charge in [0.05, 0.1) is 25.4 Å². The topological polar surface area (TPSA) is 51.2 Å². The van der Waals surface area contributed by atoms with Gasteiger partial charge in [-0.3, -0.25) is 4.90 Å². The summed E-state index contributed by atoms with van der Waals surface area (Å²) in [6.45, 7) is 8.06. The maximum Gasteiger partial charge on any atom is 0.337 e. The van der Waals surface area contributed by atoms with E-state index in [1.165, 1.54) is 31.9 Å². The smallest absolute Gasteiger partial charge is 0.337 e. The highest BCUT2D eigenvalue weighted by molar-refractivity contribution is 5.89. The van der Waals surface area contributed by atoms with E-state index in [-0.39, 0.29) is 5.97 Å². The second-order valence-corrected chi connectivity index (χ2v) is 8.30. The van der Waals surface area contributed by atoms with Gasteiger partial charge in [0.1, 0.15) is 0 Å². The molecular weight excluding hydrogens is 368 g/mol. The third-order valence-corrected chi connectivity index (χ3v) is 6.10. The van der Waals surface area contributed by atoms with Crippen molar-refractivity contribution in [3.05, 3.63) is 35.4 Å². The first-order valence-electron chi connectivity index (χ1n) is 10.9. The van der Waals surface area contributed by atoms with E-state index in [1.54, 1.807) is 7.11 Å². The number of carbonyl (C=O) groups is 1. The van der Waals surface area contributed by atoms with Gasteiger partial charge in [-0.1, -0.05) is 12.1 Å². The van der Waals surface area contributed by atoms with Gasteiger partial charge in [0, 0.05) is 39.9 Å². The van der Waals surface area contributed by atoms with Crippen molar-refractivity contribution >= 4 is 5.97 Å². The van der Waals surface area contributed by atoms with Gasteiger partial charge in [0.2, 0.25) is 0 Å². The Hall–Kier alpha value is -1.47. The van der Waals surface area contributed by atoms with Crippen molar-refractivity contribution in [2.45, 2.75) is 38.3 Å². The van der Waals surface area contributed by atoms with E-state index in [4.69, 9.17) is 14.2 Å². The predicted molar refractivity (Wildman–Crippen MR) is 113 cm³/mol. The molecule has 0 aromatic heterocycles. The number of carbonyl (C=O) groups excluding carboxylic acids is 1. The highest BCUT2D eigenvalue weighted by atomic mass is 16.5. The lowest BCUT2D eigenvalue weighted by Gasteiger charge is -2.35. The molecule has 2 aliphatic heterocycles. The van der Waals surface area contributed by atoms with Crippen LogP contribution in [0.25, 0.3) is 0 Å². The molecule has 0 aliphatic carbocycles. The minimum atomic E-state index is -0.284. The molecule has 2 saturated heterocycles. The molecule has 2 aliphatic rings. The van der Waals surface area contributed by atoms with Gasteiger partial charge in [-0.2, -0.15) is 0 Å². The monoisotopic (exact) mass is 404 g/mol. The zero-order valence-electron chi connectivity index (χ0n) is 18.0. The molecule has 0 N–H and O–H groups in total. The number of ether oxygens (including phenoxy) is 3. The van der Waals surface area contributed by atoms with E-state index >= 15 is 0 Å². The normalized spacial score (nSPS) is 21.0. The SMILES string of the molecule is COCCN1CCC(CN(Cc2ccc(C(=O)OC)cc2)CC2CCCO2)CC1. The van der Waals surface area contributed by atoms with E-state index in [2.05, 4.69) is 9.80 Å². The van der Waals surface area contributed by atoms with Gasteiger partial charge in [-0.05, 0) is 62.4 Å². The fourth-order valence-electron chi connectivity index (χ4n) is 4.38. The molecule has 0 saturated carbocycles. The summed E-state index contributed by atoms with van der Waals surface area (Å²) in [7, 11) is 3.19. The highest BCUT2D eigenvalue weighted by Crippen LogP contribution is 2.22. The Balaban J connectivity index is 1.55. The fourth-order valence-corrected chi connectivity index (χ4v) is 4.38. The lowest BCUT2D eigenvalue weighted by molar-refractivity contribution is 0.0552. The van der Waals surface area contributed by atoms with Crippen LogP contribution in [-0.2, 0) is 20.8 Å². The summed E-state index contributed by atoms with van der Waals surface area (Å²) < 4.78 is 15.9. The quantitative estimate of drug-likeness (QED) is 0.559. The highest BCUT2D eigenvalue weighted by Gasteiger charge is 2.24. The third-order valence-electron chi connectivity index (χ3n) is 6.10. The Bertz CT molecular complexity index is 608. The van der Waals surface area contributed by atoms with E-state index in [1.807, 2.05) is 24.3 Å². The first kappa shape index (κ1) is 22.2. The van der Waals surface area contributed by atoms with Gasteiger partial charge in [-0.15, -0.1) is 0 Å². The molecule has 1 aromatic carbocycles. The van der Waals surface area contributed by atoms with Crippen LogP contribution < -0.4 is 0 Å². The summed E-state index contributed by atoms with van der Waals surface area (Å²) >= 11 is 0. The maximum absolute atomic E-state index is 11.7. The van der Waals surface area contributed by atoms with Crippen molar-refractivity contribution in [3.8, 4) is 0 Å². The van der Waals surface area contributed by atoms with Crippen molar-refractivity contribution in [1.29, 1.82) is 0 Å². The summed E-state index contributed by atoms with van der Waals surface area (Å²) in [4.78, 5) is 16.7. The number of rotatable bonds is 10. The van der Waals surface area contributed by atoms with Gasteiger partial charge in [0.15, 0.2) is 0 Å². The number of hydrogen-bond acceptors (Lipinski definition) is 6. The van der Waals surface area contributed by atoms with Crippen LogP contribution in [0.4, 0.5) is 0 Å². The largest absolute Gasteiger partial charge is 0.465 e. The van der Waals surface area contributed by atoms with Crippen molar-refractivity contribution < 1.29 is 19.0 Å². The summed E-state index contributed by atoms with van der Waals surface area (Å²) in [6.07, 6.45) is 5.17.